The summed E-state index contributed by atoms with van der Waals surface area (Å²) in [5.74, 6) is -0.749. The Labute approximate surface area is 195 Å². The third-order valence-corrected chi connectivity index (χ3v) is 6.26. The quantitative estimate of drug-likeness (QED) is 0.606. The lowest BCUT2D eigenvalue weighted by Crippen LogP contribution is -2.47. The van der Waals surface area contributed by atoms with E-state index >= 15 is 0 Å². The van der Waals surface area contributed by atoms with Gasteiger partial charge >= 0.3 is 0 Å². The standard InChI is InChI=1S/C25H19Cl2N3O2/c1-14-11-16-9-10-30-22(16)19(12-14)21(15-5-3-2-4-6-15)28-23(25(30)32)29-24(31)18-8-7-17(26)13-20(18)27/h2-8,11-13,23H,9-10H2,1H3,(H,29,31)/t23-/m0/s1. The molecule has 0 fully saturated rings. The topological polar surface area (TPSA) is 61.8 Å². The predicted molar refractivity (Wildman–Crippen MR) is 127 cm³/mol. The molecule has 7 heteroatoms. The van der Waals surface area contributed by atoms with Crippen molar-refractivity contribution in [3.05, 3.63) is 98.5 Å². The van der Waals surface area contributed by atoms with Crippen LogP contribution in [0.15, 0.2) is 65.7 Å². The van der Waals surface area contributed by atoms with Gasteiger partial charge in [0.25, 0.3) is 11.8 Å². The second-order valence-electron chi connectivity index (χ2n) is 7.90. The molecule has 2 amide bonds. The summed E-state index contributed by atoms with van der Waals surface area (Å²) in [7, 11) is 0. The summed E-state index contributed by atoms with van der Waals surface area (Å²) < 4.78 is 0. The van der Waals surface area contributed by atoms with Gasteiger partial charge in [-0.2, -0.15) is 0 Å². The highest BCUT2D eigenvalue weighted by atomic mass is 35.5. The van der Waals surface area contributed by atoms with E-state index in [2.05, 4.69) is 17.4 Å². The summed E-state index contributed by atoms with van der Waals surface area (Å²) in [4.78, 5) is 33.0. The number of aryl methyl sites for hydroxylation is 1. The summed E-state index contributed by atoms with van der Waals surface area (Å²) in [6, 6.07) is 18.5. The average Bonchev–Trinajstić information content (AvgIpc) is 3.15. The van der Waals surface area contributed by atoms with Crippen LogP contribution in [-0.2, 0) is 11.2 Å². The molecule has 3 aromatic rings. The minimum Gasteiger partial charge on any atom is -0.322 e. The van der Waals surface area contributed by atoms with Crippen molar-refractivity contribution in [2.75, 3.05) is 11.4 Å². The van der Waals surface area contributed by atoms with E-state index in [1.165, 1.54) is 12.1 Å². The van der Waals surface area contributed by atoms with Gasteiger partial charge in [-0.25, -0.2) is 4.99 Å². The summed E-state index contributed by atoms with van der Waals surface area (Å²) in [6.45, 7) is 2.59. The van der Waals surface area contributed by atoms with Crippen LogP contribution in [0.25, 0.3) is 0 Å². The summed E-state index contributed by atoms with van der Waals surface area (Å²) in [6.07, 6.45) is -0.315. The number of nitrogens with one attached hydrogen (secondary N) is 1. The lowest BCUT2D eigenvalue weighted by Gasteiger charge is -2.21. The van der Waals surface area contributed by atoms with Crippen LogP contribution in [0.1, 0.15) is 32.6 Å². The van der Waals surface area contributed by atoms with Crippen LogP contribution in [0.3, 0.4) is 0 Å². The van der Waals surface area contributed by atoms with Gasteiger partial charge in [0.15, 0.2) is 0 Å². The van der Waals surface area contributed by atoms with Gasteiger partial charge in [-0.05, 0) is 43.2 Å². The Bertz CT molecular complexity index is 1290. The second-order valence-corrected chi connectivity index (χ2v) is 8.75. The van der Waals surface area contributed by atoms with E-state index in [1.54, 1.807) is 11.0 Å². The molecule has 0 unspecified atom stereocenters. The van der Waals surface area contributed by atoms with E-state index in [4.69, 9.17) is 28.2 Å². The molecule has 0 spiro atoms. The molecule has 0 bridgehead atoms. The first-order valence-corrected chi connectivity index (χ1v) is 11.0. The molecule has 0 saturated carbocycles. The zero-order valence-electron chi connectivity index (χ0n) is 17.2. The van der Waals surface area contributed by atoms with E-state index in [0.29, 0.717) is 17.3 Å². The van der Waals surface area contributed by atoms with Crippen molar-refractivity contribution in [2.24, 2.45) is 4.99 Å². The van der Waals surface area contributed by atoms with Gasteiger partial charge in [0, 0.05) is 22.7 Å². The molecule has 5 rings (SSSR count). The largest absolute Gasteiger partial charge is 0.322 e. The summed E-state index contributed by atoms with van der Waals surface area (Å²) >= 11 is 12.2. The molecule has 2 aliphatic heterocycles. The van der Waals surface area contributed by atoms with Gasteiger partial charge in [0.05, 0.1) is 22.0 Å². The molecule has 2 aliphatic rings. The minimum absolute atomic E-state index is 0.214. The second kappa shape index (κ2) is 8.08. The maximum atomic E-state index is 13.5. The number of carbonyl (C=O) groups excluding carboxylic acids is 2. The number of nitrogens with zero attached hydrogens (tertiary/aromatic N) is 2. The molecule has 32 heavy (non-hydrogen) atoms. The first-order chi connectivity index (χ1) is 15.4. The lowest BCUT2D eigenvalue weighted by molar-refractivity contribution is -0.120. The number of anilines is 1. The number of carbonyl (C=O) groups is 2. The van der Waals surface area contributed by atoms with Gasteiger partial charge in [-0.1, -0.05) is 65.2 Å². The molecule has 160 valence electrons. The predicted octanol–water partition coefficient (Wildman–Crippen LogP) is 4.80. The Kier molecular flexibility index (Phi) is 5.24. The normalized spacial score (nSPS) is 17.0. The lowest BCUT2D eigenvalue weighted by atomic mass is 9.96. The van der Waals surface area contributed by atoms with Crippen LogP contribution in [0.4, 0.5) is 5.69 Å². The molecule has 3 aromatic carbocycles. The maximum Gasteiger partial charge on any atom is 0.272 e. The van der Waals surface area contributed by atoms with Crippen molar-refractivity contribution in [1.82, 2.24) is 5.32 Å². The number of aliphatic imine (C=N–C) groups is 1. The third kappa shape index (κ3) is 3.57. The molecule has 1 atom stereocenters. The van der Waals surface area contributed by atoms with Gasteiger partial charge in [-0.15, -0.1) is 0 Å². The fraction of sp³-hybridized carbons (Fsp3) is 0.160. The van der Waals surface area contributed by atoms with E-state index < -0.39 is 12.1 Å². The molecule has 0 aliphatic carbocycles. The molecule has 1 N–H and O–H groups in total. The minimum atomic E-state index is -1.08. The van der Waals surface area contributed by atoms with Gasteiger partial charge in [-0.3, -0.25) is 9.59 Å². The molecule has 0 saturated heterocycles. The SMILES string of the molecule is Cc1cc2c3c(c1)C(c1ccccc1)=N[C@@H](NC(=O)c1ccc(Cl)cc1Cl)C(=O)N3CC2. The van der Waals surface area contributed by atoms with Crippen LogP contribution in [0, 0.1) is 6.92 Å². The highest BCUT2D eigenvalue weighted by Crippen LogP contribution is 2.37. The molecular weight excluding hydrogens is 445 g/mol. The van der Waals surface area contributed by atoms with Gasteiger partial charge in [0.2, 0.25) is 6.17 Å². The van der Waals surface area contributed by atoms with E-state index in [1.807, 2.05) is 37.3 Å². The molecule has 0 radical (unpaired) electrons. The van der Waals surface area contributed by atoms with Gasteiger partial charge < -0.3 is 10.2 Å². The van der Waals surface area contributed by atoms with Crippen molar-refractivity contribution in [2.45, 2.75) is 19.5 Å². The third-order valence-electron chi connectivity index (χ3n) is 5.71. The number of hydrogen-bond donors (Lipinski definition) is 1. The van der Waals surface area contributed by atoms with Crippen LogP contribution in [0.2, 0.25) is 10.0 Å². The molecule has 0 aromatic heterocycles. The van der Waals surface area contributed by atoms with Crippen LogP contribution >= 0.6 is 23.2 Å². The molecular formula is C25H19Cl2N3O2. The molecule has 2 heterocycles. The Morgan fingerprint density at radius 1 is 1.09 bits per heavy atom. The zero-order chi connectivity index (χ0) is 22.4. The van der Waals surface area contributed by atoms with Crippen molar-refractivity contribution in [1.29, 1.82) is 0 Å². The Balaban J connectivity index is 1.62. The first kappa shape index (κ1) is 20.7. The van der Waals surface area contributed by atoms with Crippen LogP contribution in [0.5, 0.6) is 0 Å². The maximum absolute atomic E-state index is 13.5. The van der Waals surface area contributed by atoms with Crippen LogP contribution in [-0.4, -0.2) is 30.2 Å². The average molecular weight is 464 g/mol. The summed E-state index contributed by atoms with van der Waals surface area (Å²) in [5, 5.41) is 3.42. The number of amides is 2. The highest BCUT2D eigenvalue weighted by Gasteiger charge is 2.37. The number of hydrogen-bond acceptors (Lipinski definition) is 3. The van der Waals surface area contributed by atoms with Crippen molar-refractivity contribution < 1.29 is 9.59 Å². The van der Waals surface area contributed by atoms with Crippen molar-refractivity contribution in [3.63, 3.8) is 0 Å². The number of halogens is 2. The Hall–Kier alpha value is -3.15. The fourth-order valence-corrected chi connectivity index (χ4v) is 4.80. The zero-order valence-corrected chi connectivity index (χ0v) is 18.7. The first-order valence-electron chi connectivity index (χ1n) is 10.3. The van der Waals surface area contributed by atoms with E-state index in [-0.39, 0.29) is 16.5 Å². The number of rotatable bonds is 3. The van der Waals surface area contributed by atoms with Crippen molar-refractivity contribution >= 4 is 46.4 Å². The van der Waals surface area contributed by atoms with E-state index in [9.17, 15) is 9.59 Å². The van der Waals surface area contributed by atoms with Crippen LogP contribution < -0.4 is 10.2 Å². The number of benzene rings is 3. The molecule has 5 nitrogen and oxygen atoms in total. The fourth-order valence-electron chi connectivity index (χ4n) is 4.31. The van der Waals surface area contributed by atoms with Gasteiger partial charge in [0.1, 0.15) is 0 Å². The monoisotopic (exact) mass is 463 g/mol. The smallest absolute Gasteiger partial charge is 0.272 e. The van der Waals surface area contributed by atoms with E-state index in [0.717, 1.165) is 34.4 Å². The highest BCUT2D eigenvalue weighted by molar-refractivity contribution is 6.36. The van der Waals surface area contributed by atoms with Crippen molar-refractivity contribution in [3.8, 4) is 0 Å². The Morgan fingerprint density at radius 3 is 2.62 bits per heavy atom. The summed E-state index contributed by atoms with van der Waals surface area (Å²) in [5.41, 5.74) is 5.79. The Morgan fingerprint density at radius 2 is 1.88 bits per heavy atom.